The fraction of sp³-hybridized carbons (Fsp3) is 0.421. The molecule has 0 aliphatic heterocycles. The van der Waals surface area contributed by atoms with E-state index in [1.807, 2.05) is 32.2 Å². The zero-order valence-electron chi connectivity index (χ0n) is 14.8. The molecule has 0 atom stereocenters. The number of aryl methyl sites for hydroxylation is 3. The summed E-state index contributed by atoms with van der Waals surface area (Å²) in [5.41, 5.74) is 9.71. The predicted molar refractivity (Wildman–Crippen MR) is 99.0 cm³/mol. The minimum atomic E-state index is -0.200. The van der Waals surface area contributed by atoms with Gasteiger partial charge in [-0.1, -0.05) is 6.92 Å². The third-order valence-corrected chi connectivity index (χ3v) is 3.97. The molecule has 1 heterocycles. The Morgan fingerprint density at radius 3 is 2.67 bits per heavy atom. The van der Waals surface area contributed by atoms with Crippen molar-refractivity contribution in [3.63, 3.8) is 0 Å². The van der Waals surface area contributed by atoms with Gasteiger partial charge in [0.25, 0.3) is 0 Å². The summed E-state index contributed by atoms with van der Waals surface area (Å²) in [6.45, 7) is 6.74. The van der Waals surface area contributed by atoms with Gasteiger partial charge < -0.3 is 16.0 Å². The van der Waals surface area contributed by atoms with Gasteiger partial charge in [0.15, 0.2) is 0 Å². The molecule has 0 radical (unpaired) electrons. The van der Waals surface area contributed by atoms with Crippen molar-refractivity contribution in [2.45, 2.75) is 26.7 Å². The average Bonchev–Trinajstić information content (AvgIpc) is 2.51. The monoisotopic (exact) mass is 330 g/mol. The van der Waals surface area contributed by atoms with Crippen LogP contribution in [0, 0.1) is 12.7 Å². The lowest BCUT2D eigenvalue weighted by Crippen LogP contribution is -2.29. The fourth-order valence-electron chi connectivity index (χ4n) is 2.72. The quantitative estimate of drug-likeness (QED) is 0.731. The molecular formula is C19H27FN4. The molecule has 24 heavy (non-hydrogen) atoms. The molecule has 1 aromatic carbocycles. The molecule has 5 heteroatoms. The molecule has 2 rings (SSSR count). The lowest BCUT2D eigenvalue weighted by molar-refractivity contribution is 0.623. The number of pyridine rings is 1. The maximum Gasteiger partial charge on any atom is 0.125 e. The highest BCUT2D eigenvalue weighted by Gasteiger charge is 2.07. The third kappa shape index (κ3) is 5.49. The molecule has 0 unspecified atom stereocenters. The van der Waals surface area contributed by atoms with Gasteiger partial charge in [0.2, 0.25) is 0 Å². The van der Waals surface area contributed by atoms with Crippen molar-refractivity contribution >= 4 is 11.5 Å². The second-order valence-electron chi connectivity index (χ2n) is 6.15. The molecule has 0 aliphatic carbocycles. The molecule has 0 bridgehead atoms. The van der Waals surface area contributed by atoms with E-state index in [1.54, 1.807) is 12.1 Å². The van der Waals surface area contributed by atoms with E-state index in [0.717, 1.165) is 55.0 Å². The molecule has 0 saturated carbocycles. The number of nitrogens with zero attached hydrogens (tertiary/aromatic N) is 2. The minimum absolute atomic E-state index is 0.200. The molecule has 4 nitrogen and oxygen atoms in total. The van der Waals surface area contributed by atoms with Crippen LogP contribution < -0.4 is 16.0 Å². The molecule has 3 N–H and O–H groups in total. The standard InChI is InChI=1S/C19H27FN4/c1-4-22-7-8-24(3)18-12-15(11-16(20)13-18)5-6-17-9-14(2)10-19(21)23-17/h9-13,22H,4-8H2,1-3H3,(H2,21,23). The summed E-state index contributed by atoms with van der Waals surface area (Å²) in [5, 5.41) is 3.28. The second kappa shape index (κ2) is 8.64. The lowest BCUT2D eigenvalue weighted by atomic mass is 10.1. The number of likely N-dealkylation sites (N-methyl/N-ethyl adjacent to an activating group) is 2. The molecule has 0 saturated heterocycles. The van der Waals surface area contributed by atoms with Crippen LogP contribution in [0.25, 0.3) is 0 Å². The molecular weight excluding hydrogens is 303 g/mol. The van der Waals surface area contributed by atoms with Crippen LogP contribution in [-0.2, 0) is 12.8 Å². The van der Waals surface area contributed by atoms with Gasteiger partial charge in [-0.25, -0.2) is 9.37 Å². The number of halogens is 1. The van der Waals surface area contributed by atoms with Gasteiger partial charge in [-0.15, -0.1) is 0 Å². The Hall–Kier alpha value is -2.14. The van der Waals surface area contributed by atoms with Crippen LogP contribution in [0.5, 0.6) is 0 Å². The van der Waals surface area contributed by atoms with Gasteiger partial charge in [-0.3, -0.25) is 0 Å². The summed E-state index contributed by atoms with van der Waals surface area (Å²) in [7, 11) is 1.98. The Morgan fingerprint density at radius 2 is 1.96 bits per heavy atom. The van der Waals surface area contributed by atoms with Crippen molar-refractivity contribution in [1.82, 2.24) is 10.3 Å². The number of hydrogen-bond acceptors (Lipinski definition) is 4. The Morgan fingerprint density at radius 1 is 1.17 bits per heavy atom. The normalized spacial score (nSPS) is 10.8. The Bertz CT molecular complexity index is 652. The lowest BCUT2D eigenvalue weighted by Gasteiger charge is -2.20. The van der Waals surface area contributed by atoms with Crippen molar-refractivity contribution in [2.75, 3.05) is 37.3 Å². The van der Waals surface area contributed by atoms with Gasteiger partial charge >= 0.3 is 0 Å². The van der Waals surface area contributed by atoms with E-state index in [2.05, 4.69) is 22.1 Å². The van der Waals surface area contributed by atoms with Crippen LogP contribution >= 0.6 is 0 Å². The van der Waals surface area contributed by atoms with Crippen molar-refractivity contribution in [3.8, 4) is 0 Å². The highest BCUT2D eigenvalue weighted by molar-refractivity contribution is 5.48. The molecule has 0 spiro atoms. The van der Waals surface area contributed by atoms with Crippen molar-refractivity contribution < 1.29 is 4.39 Å². The average molecular weight is 330 g/mol. The Kier molecular flexibility index (Phi) is 6.55. The van der Waals surface area contributed by atoms with Crippen LogP contribution in [-0.4, -0.2) is 31.7 Å². The topological polar surface area (TPSA) is 54.2 Å². The SMILES string of the molecule is CCNCCN(C)c1cc(F)cc(CCc2cc(C)cc(N)n2)c1. The van der Waals surface area contributed by atoms with Crippen LogP contribution in [0.4, 0.5) is 15.9 Å². The van der Waals surface area contributed by atoms with Gasteiger partial charge in [-0.05, 0) is 67.8 Å². The van der Waals surface area contributed by atoms with Gasteiger partial charge in [0.05, 0.1) is 0 Å². The first-order chi connectivity index (χ1) is 11.5. The number of rotatable bonds is 8. The summed E-state index contributed by atoms with van der Waals surface area (Å²) in [6, 6.07) is 9.11. The van der Waals surface area contributed by atoms with Crippen LogP contribution in [0.3, 0.4) is 0 Å². The summed E-state index contributed by atoms with van der Waals surface area (Å²) in [4.78, 5) is 6.41. The number of hydrogen-bond donors (Lipinski definition) is 2. The maximum atomic E-state index is 14.0. The number of aromatic nitrogens is 1. The van der Waals surface area contributed by atoms with E-state index in [4.69, 9.17) is 5.73 Å². The Labute approximate surface area is 143 Å². The largest absolute Gasteiger partial charge is 0.384 e. The molecule has 0 aliphatic rings. The highest BCUT2D eigenvalue weighted by Crippen LogP contribution is 2.19. The molecule has 0 amide bonds. The van der Waals surface area contributed by atoms with E-state index in [0.29, 0.717) is 5.82 Å². The predicted octanol–water partition coefficient (Wildman–Crippen LogP) is 2.94. The number of benzene rings is 1. The first-order valence-corrected chi connectivity index (χ1v) is 8.42. The van der Waals surface area contributed by atoms with E-state index in [-0.39, 0.29) is 5.82 Å². The highest BCUT2D eigenvalue weighted by atomic mass is 19.1. The van der Waals surface area contributed by atoms with E-state index in [9.17, 15) is 4.39 Å². The molecule has 1 aromatic heterocycles. The van der Waals surface area contributed by atoms with Crippen molar-refractivity contribution in [2.24, 2.45) is 0 Å². The maximum absolute atomic E-state index is 14.0. The second-order valence-corrected chi connectivity index (χ2v) is 6.15. The first kappa shape index (κ1) is 18.2. The van der Waals surface area contributed by atoms with Crippen LogP contribution in [0.1, 0.15) is 23.7 Å². The summed E-state index contributed by atoms with van der Waals surface area (Å²) >= 11 is 0. The number of nitrogens with two attached hydrogens (primary N) is 1. The Balaban J connectivity index is 2.04. The third-order valence-electron chi connectivity index (χ3n) is 3.97. The van der Waals surface area contributed by atoms with E-state index in [1.165, 1.54) is 0 Å². The molecule has 2 aromatic rings. The summed E-state index contributed by atoms with van der Waals surface area (Å²) < 4.78 is 14.0. The first-order valence-electron chi connectivity index (χ1n) is 8.42. The summed E-state index contributed by atoms with van der Waals surface area (Å²) in [5.74, 6) is 0.336. The number of nitrogens with one attached hydrogen (secondary N) is 1. The summed E-state index contributed by atoms with van der Waals surface area (Å²) in [6.07, 6.45) is 1.48. The van der Waals surface area contributed by atoms with E-state index >= 15 is 0 Å². The number of anilines is 2. The molecule has 0 fully saturated rings. The van der Waals surface area contributed by atoms with Crippen molar-refractivity contribution in [1.29, 1.82) is 0 Å². The van der Waals surface area contributed by atoms with Crippen LogP contribution in [0.2, 0.25) is 0 Å². The van der Waals surface area contributed by atoms with Crippen LogP contribution in [0.15, 0.2) is 30.3 Å². The number of nitrogen functional groups attached to an aromatic ring is 1. The van der Waals surface area contributed by atoms with Crippen molar-refractivity contribution in [3.05, 3.63) is 53.0 Å². The smallest absolute Gasteiger partial charge is 0.125 e. The molecule has 130 valence electrons. The van der Waals surface area contributed by atoms with Gasteiger partial charge in [0.1, 0.15) is 11.6 Å². The van der Waals surface area contributed by atoms with Gasteiger partial charge in [-0.2, -0.15) is 0 Å². The fourth-order valence-corrected chi connectivity index (χ4v) is 2.72. The zero-order valence-corrected chi connectivity index (χ0v) is 14.8. The zero-order chi connectivity index (χ0) is 17.5. The van der Waals surface area contributed by atoms with Gasteiger partial charge in [0, 0.05) is 31.5 Å². The minimum Gasteiger partial charge on any atom is -0.384 e. The van der Waals surface area contributed by atoms with E-state index < -0.39 is 0 Å².